The molecular formula is C29H46N4O18. The van der Waals surface area contributed by atoms with Gasteiger partial charge in [0.05, 0.1) is 6.61 Å². The Bertz CT molecular complexity index is 1270. The Balaban J connectivity index is 2.38. The summed E-state index contributed by atoms with van der Waals surface area (Å²) in [7, 11) is 0. The Morgan fingerprint density at radius 1 is 0.784 bits per heavy atom. The van der Waals surface area contributed by atoms with E-state index in [1.54, 1.807) is 0 Å². The normalized spacial score (nSPS) is 30.8. The largest absolute Gasteiger partial charge is 0.481 e. The Kier molecular flexibility index (Phi) is 16.5. The minimum atomic E-state index is -1.86. The SMILES string of the molecule is CC(=O)NC1C(OC2C(CO)OC(O)C(NC(C)=O)C2OC(C)C(=O)NC(C)C(=O)NC(CCC(=O)O)C(=O)O)OC(COC(C)=O)C(O)C1O. The molecule has 0 saturated carbocycles. The Labute approximate surface area is 291 Å². The highest BCUT2D eigenvalue weighted by molar-refractivity contribution is 5.91. The van der Waals surface area contributed by atoms with Crippen LogP contribution >= 0.6 is 0 Å². The fourth-order valence-corrected chi connectivity index (χ4v) is 5.23. The second kappa shape index (κ2) is 19.5. The number of carbonyl (C=O) groups excluding carboxylic acids is 5. The molecule has 13 unspecified atom stereocenters. The molecule has 2 saturated heterocycles. The topological polar surface area (TPSA) is 335 Å². The van der Waals surface area contributed by atoms with E-state index in [4.69, 9.17) is 28.8 Å². The van der Waals surface area contributed by atoms with Gasteiger partial charge in [0.1, 0.15) is 73.5 Å². The molecular weight excluding hydrogens is 692 g/mol. The van der Waals surface area contributed by atoms with Gasteiger partial charge in [-0.25, -0.2) is 4.79 Å². The number of aliphatic hydroxyl groups excluding tert-OH is 4. The molecule has 22 heteroatoms. The van der Waals surface area contributed by atoms with Gasteiger partial charge < -0.3 is 75.6 Å². The van der Waals surface area contributed by atoms with Crippen molar-refractivity contribution in [2.45, 2.75) is 127 Å². The van der Waals surface area contributed by atoms with Crippen LogP contribution in [0.5, 0.6) is 0 Å². The average molecular weight is 739 g/mol. The lowest BCUT2D eigenvalue weighted by Gasteiger charge is -2.48. The number of carbonyl (C=O) groups is 7. The summed E-state index contributed by atoms with van der Waals surface area (Å²) in [6.45, 7) is 4.25. The number of aliphatic hydroxyl groups is 4. The van der Waals surface area contributed by atoms with Crippen molar-refractivity contribution in [2.24, 2.45) is 0 Å². The zero-order chi connectivity index (χ0) is 38.7. The summed E-state index contributed by atoms with van der Waals surface area (Å²) in [5.41, 5.74) is 0. The van der Waals surface area contributed by atoms with Crippen molar-refractivity contribution in [2.75, 3.05) is 13.2 Å². The van der Waals surface area contributed by atoms with E-state index >= 15 is 0 Å². The number of carboxylic acid groups (broad SMARTS) is 2. The molecule has 0 aromatic rings. The van der Waals surface area contributed by atoms with Crippen LogP contribution in [0.2, 0.25) is 0 Å². The molecule has 13 atom stereocenters. The highest BCUT2D eigenvalue weighted by atomic mass is 16.7. The fraction of sp³-hybridized carbons (Fsp3) is 0.759. The lowest BCUT2D eigenvalue weighted by molar-refractivity contribution is -0.333. The maximum absolute atomic E-state index is 13.2. The van der Waals surface area contributed by atoms with Crippen molar-refractivity contribution in [1.29, 1.82) is 0 Å². The van der Waals surface area contributed by atoms with Gasteiger partial charge in [-0.05, 0) is 20.3 Å². The first kappa shape index (κ1) is 43.1. The molecule has 2 aliphatic rings. The lowest BCUT2D eigenvalue weighted by Crippen LogP contribution is -2.70. The zero-order valence-electron chi connectivity index (χ0n) is 28.4. The van der Waals surface area contributed by atoms with E-state index < -0.39 is 147 Å². The monoisotopic (exact) mass is 738 g/mol. The first-order valence-electron chi connectivity index (χ1n) is 15.8. The van der Waals surface area contributed by atoms with Crippen LogP contribution in [-0.4, -0.2) is 165 Å². The fourth-order valence-electron chi connectivity index (χ4n) is 5.23. The molecule has 2 aliphatic heterocycles. The van der Waals surface area contributed by atoms with Gasteiger partial charge in [0, 0.05) is 27.2 Å². The summed E-state index contributed by atoms with van der Waals surface area (Å²) in [5.74, 6) is -6.89. The summed E-state index contributed by atoms with van der Waals surface area (Å²) in [4.78, 5) is 83.8. The Morgan fingerprint density at radius 2 is 1.39 bits per heavy atom. The Morgan fingerprint density at radius 3 is 1.92 bits per heavy atom. The van der Waals surface area contributed by atoms with Crippen LogP contribution in [0.4, 0.5) is 0 Å². The van der Waals surface area contributed by atoms with Gasteiger partial charge in [-0.15, -0.1) is 0 Å². The van der Waals surface area contributed by atoms with E-state index in [1.807, 2.05) is 0 Å². The predicted octanol–water partition coefficient (Wildman–Crippen LogP) is -5.19. The van der Waals surface area contributed by atoms with E-state index in [-0.39, 0.29) is 0 Å². The first-order chi connectivity index (χ1) is 23.8. The van der Waals surface area contributed by atoms with Crippen molar-refractivity contribution in [3.05, 3.63) is 0 Å². The molecule has 51 heavy (non-hydrogen) atoms. The third kappa shape index (κ3) is 12.6. The second-order valence-electron chi connectivity index (χ2n) is 11.9. The molecule has 0 spiro atoms. The standard InChI is InChI=1S/C29H46N4O18/c1-10(25(42)33-15(27(44)45)6-7-18(38)39)30-26(43)11(2)48-24-20(32-13(4)36)28(46)49-16(8-34)23(24)51-29-19(31-12(3)35)22(41)21(40)17(50-29)9-47-14(5)37/h10-11,15-17,19-24,28-29,34,40-41,46H,6-9H2,1-5H3,(H,30,43)(H,31,35)(H,32,36)(H,33,42)(H,38,39)(H,44,45). The van der Waals surface area contributed by atoms with Crippen LogP contribution in [0.1, 0.15) is 47.5 Å². The Hall–Kier alpha value is -4.03. The maximum Gasteiger partial charge on any atom is 0.326 e. The molecule has 2 fully saturated rings. The van der Waals surface area contributed by atoms with Gasteiger partial charge in [0.25, 0.3) is 0 Å². The second-order valence-corrected chi connectivity index (χ2v) is 11.9. The van der Waals surface area contributed by atoms with Crippen LogP contribution in [-0.2, 0) is 57.2 Å². The lowest BCUT2D eigenvalue weighted by atomic mass is 9.94. The number of hydrogen-bond donors (Lipinski definition) is 10. The van der Waals surface area contributed by atoms with Gasteiger partial charge in [-0.2, -0.15) is 0 Å². The van der Waals surface area contributed by atoms with Crippen LogP contribution in [0.3, 0.4) is 0 Å². The highest BCUT2D eigenvalue weighted by Crippen LogP contribution is 2.31. The zero-order valence-corrected chi connectivity index (χ0v) is 28.4. The van der Waals surface area contributed by atoms with Crippen LogP contribution in [0.15, 0.2) is 0 Å². The minimum Gasteiger partial charge on any atom is -0.481 e. The summed E-state index contributed by atoms with van der Waals surface area (Å²) in [5, 5.41) is 69.9. The van der Waals surface area contributed by atoms with Gasteiger partial charge in [0.2, 0.25) is 23.6 Å². The van der Waals surface area contributed by atoms with E-state index in [0.717, 1.165) is 20.8 Å². The summed E-state index contributed by atoms with van der Waals surface area (Å²) in [6, 6.07) is -5.96. The van der Waals surface area contributed by atoms with Crippen molar-refractivity contribution in [3.8, 4) is 0 Å². The van der Waals surface area contributed by atoms with Crippen molar-refractivity contribution in [1.82, 2.24) is 21.3 Å². The highest BCUT2D eigenvalue weighted by Gasteiger charge is 2.53. The molecule has 4 amide bonds. The quantitative estimate of drug-likeness (QED) is 0.0623. The van der Waals surface area contributed by atoms with Gasteiger partial charge in [-0.3, -0.25) is 28.8 Å². The summed E-state index contributed by atoms with van der Waals surface area (Å²) in [6.07, 6.45) is -15.6. The number of amides is 4. The van der Waals surface area contributed by atoms with Crippen molar-refractivity contribution < 1.29 is 87.9 Å². The number of rotatable bonds is 17. The number of hydrogen-bond acceptors (Lipinski definition) is 16. The molecule has 0 aromatic heterocycles. The van der Waals surface area contributed by atoms with Crippen LogP contribution < -0.4 is 21.3 Å². The smallest absolute Gasteiger partial charge is 0.326 e. The van der Waals surface area contributed by atoms with Gasteiger partial charge >= 0.3 is 17.9 Å². The average Bonchev–Trinajstić information content (AvgIpc) is 3.03. The van der Waals surface area contributed by atoms with Gasteiger partial charge in [-0.1, -0.05) is 0 Å². The molecule has 0 aromatic carbocycles. The van der Waals surface area contributed by atoms with Crippen LogP contribution in [0.25, 0.3) is 0 Å². The minimum absolute atomic E-state index is 0.436. The number of carboxylic acids is 2. The number of nitrogens with one attached hydrogen (secondary N) is 4. The molecule has 0 bridgehead atoms. The van der Waals surface area contributed by atoms with E-state index in [1.165, 1.54) is 13.8 Å². The molecule has 2 rings (SSSR count). The van der Waals surface area contributed by atoms with Crippen LogP contribution in [0, 0.1) is 0 Å². The molecule has 0 aliphatic carbocycles. The molecule has 22 nitrogen and oxygen atoms in total. The molecule has 0 radical (unpaired) electrons. The van der Waals surface area contributed by atoms with E-state index in [9.17, 15) is 59.1 Å². The first-order valence-corrected chi connectivity index (χ1v) is 15.8. The molecule has 2 heterocycles. The number of ether oxygens (including phenoxy) is 5. The summed E-state index contributed by atoms with van der Waals surface area (Å²) >= 11 is 0. The van der Waals surface area contributed by atoms with E-state index in [0.29, 0.717) is 0 Å². The predicted molar refractivity (Wildman–Crippen MR) is 164 cm³/mol. The summed E-state index contributed by atoms with van der Waals surface area (Å²) < 4.78 is 28.1. The van der Waals surface area contributed by atoms with Gasteiger partial charge in [0.15, 0.2) is 12.6 Å². The molecule has 10 N–H and O–H groups in total. The molecule has 290 valence electrons. The number of aliphatic carboxylic acids is 2. The third-order valence-corrected chi connectivity index (χ3v) is 7.77. The number of esters is 1. The van der Waals surface area contributed by atoms with E-state index in [2.05, 4.69) is 21.3 Å². The third-order valence-electron chi connectivity index (χ3n) is 7.77. The van der Waals surface area contributed by atoms with Crippen molar-refractivity contribution in [3.63, 3.8) is 0 Å². The maximum atomic E-state index is 13.2. The van der Waals surface area contributed by atoms with Crippen molar-refractivity contribution >= 4 is 41.5 Å².